The summed E-state index contributed by atoms with van der Waals surface area (Å²) in [5.41, 5.74) is 3.23. The van der Waals surface area contributed by atoms with Gasteiger partial charge in [-0.15, -0.1) is 0 Å². The van der Waals surface area contributed by atoms with Gasteiger partial charge < -0.3 is 0 Å². The third-order valence-electron chi connectivity index (χ3n) is 4.49. The maximum absolute atomic E-state index is 12.0. The lowest BCUT2D eigenvalue weighted by atomic mass is 9.81. The second-order valence-electron chi connectivity index (χ2n) is 5.76. The Morgan fingerprint density at radius 3 is 2.40 bits per heavy atom. The molecule has 1 heterocycles. The maximum Gasteiger partial charge on any atom is 0.328 e. The highest BCUT2D eigenvalue weighted by atomic mass is 79.9. The molecule has 0 N–H and O–H groups in total. The van der Waals surface area contributed by atoms with Crippen molar-refractivity contribution in [2.45, 2.75) is 30.5 Å². The fourth-order valence-electron chi connectivity index (χ4n) is 2.92. The number of hydrogen-bond acceptors (Lipinski definition) is 1. The Morgan fingerprint density at radius 1 is 1.25 bits per heavy atom. The van der Waals surface area contributed by atoms with Crippen molar-refractivity contribution in [1.29, 1.82) is 0 Å². The standard InChI is InChI=1S/C15H18Br2N2O/c1-18-13-7-10(11(16)6-9-4-3-5-9)12(17)8-14(13)19(2)15(18)20/h7-9,11H,3-6H2,1-2H3. The topological polar surface area (TPSA) is 26.9 Å². The molecule has 1 aromatic carbocycles. The van der Waals surface area contributed by atoms with Gasteiger partial charge >= 0.3 is 5.69 Å². The number of halogens is 2. The van der Waals surface area contributed by atoms with E-state index in [9.17, 15) is 4.79 Å². The smallest absolute Gasteiger partial charge is 0.295 e. The normalized spacial score (nSPS) is 17.4. The van der Waals surface area contributed by atoms with Crippen molar-refractivity contribution in [1.82, 2.24) is 9.13 Å². The van der Waals surface area contributed by atoms with E-state index in [1.54, 1.807) is 9.13 Å². The fourth-order valence-corrected chi connectivity index (χ4v) is 4.75. The molecule has 0 amide bonds. The van der Waals surface area contributed by atoms with E-state index in [1.165, 1.54) is 31.2 Å². The van der Waals surface area contributed by atoms with Crippen LogP contribution in [0.5, 0.6) is 0 Å². The molecule has 1 unspecified atom stereocenters. The molecular formula is C15H18Br2N2O. The van der Waals surface area contributed by atoms with Crippen molar-refractivity contribution in [2.75, 3.05) is 0 Å². The highest BCUT2D eigenvalue weighted by molar-refractivity contribution is 9.11. The van der Waals surface area contributed by atoms with Crippen LogP contribution in [-0.4, -0.2) is 9.13 Å². The molecule has 3 nitrogen and oxygen atoms in total. The fraction of sp³-hybridized carbons (Fsp3) is 0.533. The molecule has 2 aromatic rings. The minimum atomic E-state index is 0.0224. The second-order valence-corrected chi connectivity index (χ2v) is 7.72. The summed E-state index contributed by atoms with van der Waals surface area (Å²) in [6, 6.07) is 4.19. The average molecular weight is 402 g/mol. The van der Waals surface area contributed by atoms with E-state index in [2.05, 4.69) is 44.0 Å². The summed E-state index contributed by atoms with van der Waals surface area (Å²) in [6.45, 7) is 0. The average Bonchev–Trinajstić information content (AvgIpc) is 2.58. The number of aromatic nitrogens is 2. The molecule has 0 spiro atoms. The number of nitrogens with zero attached hydrogens (tertiary/aromatic N) is 2. The number of fused-ring (bicyclic) bond motifs is 1. The van der Waals surface area contributed by atoms with E-state index in [-0.39, 0.29) is 5.69 Å². The van der Waals surface area contributed by atoms with Crippen molar-refractivity contribution in [3.05, 3.63) is 32.7 Å². The van der Waals surface area contributed by atoms with Crippen LogP contribution in [0.2, 0.25) is 0 Å². The van der Waals surface area contributed by atoms with Gasteiger partial charge in [-0.05, 0) is 30.0 Å². The summed E-state index contributed by atoms with van der Waals surface area (Å²) >= 11 is 7.48. The Hall–Kier alpha value is -0.550. The number of hydrogen-bond donors (Lipinski definition) is 0. The van der Waals surface area contributed by atoms with Gasteiger partial charge in [-0.1, -0.05) is 51.1 Å². The number of benzene rings is 1. The molecular weight excluding hydrogens is 384 g/mol. The lowest BCUT2D eigenvalue weighted by molar-refractivity contribution is 0.295. The van der Waals surface area contributed by atoms with Crippen LogP contribution in [0.15, 0.2) is 21.4 Å². The Labute approximate surface area is 135 Å². The van der Waals surface area contributed by atoms with Gasteiger partial charge in [0.15, 0.2) is 0 Å². The zero-order chi connectivity index (χ0) is 14.4. The van der Waals surface area contributed by atoms with Crippen molar-refractivity contribution in [3.8, 4) is 0 Å². The molecule has 0 saturated heterocycles. The molecule has 1 aliphatic rings. The predicted molar refractivity (Wildman–Crippen MR) is 89.5 cm³/mol. The highest BCUT2D eigenvalue weighted by Crippen LogP contribution is 2.41. The Kier molecular flexibility index (Phi) is 3.84. The molecule has 5 heteroatoms. The third-order valence-corrected chi connectivity index (χ3v) is 6.05. The predicted octanol–water partition coefficient (Wildman–Crippen LogP) is 4.27. The summed E-state index contributed by atoms with van der Waals surface area (Å²) in [5, 5.41) is 0. The first-order valence-electron chi connectivity index (χ1n) is 6.98. The molecule has 0 radical (unpaired) electrons. The molecule has 3 rings (SSSR count). The minimum absolute atomic E-state index is 0.0224. The molecule has 1 aliphatic carbocycles. The first kappa shape index (κ1) is 14.4. The van der Waals surface area contributed by atoms with Gasteiger partial charge in [-0.2, -0.15) is 0 Å². The summed E-state index contributed by atoms with van der Waals surface area (Å²) in [6.07, 6.45) is 5.25. The van der Waals surface area contributed by atoms with Crippen molar-refractivity contribution >= 4 is 42.9 Å². The SMILES string of the molecule is Cn1c(=O)n(C)c2cc(C(Br)CC3CCC3)c(Br)cc21. The van der Waals surface area contributed by atoms with Crippen molar-refractivity contribution in [3.63, 3.8) is 0 Å². The van der Waals surface area contributed by atoms with Gasteiger partial charge in [0.1, 0.15) is 0 Å². The molecule has 1 aromatic heterocycles. The summed E-state index contributed by atoms with van der Waals surface area (Å²) in [5.74, 6) is 0.849. The van der Waals surface area contributed by atoms with E-state index >= 15 is 0 Å². The zero-order valence-corrected chi connectivity index (χ0v) is 14.9. The van der Waals surface area contributed by atoms with Crippen LogP contribution in [0.3, 0.4) is 0 Å². The number of imidazole rings is 1. The van der Waals surface area contributed by atoms with E-state index < -0.39 is 0 Å². The molecule has 1 fully saturated rings. The number of rotatable bonds is 3. The lowest BCUT2D eigenvalue weighted by Crippen LogP contribution is -2.19. The minimum Gasteiger partial charge on any atom is -0.295 e. The van der Waals surface area contributed by atoms with Crippen LogP contribution in [-0.2, 0) is 14.1 Å². The number of aryl methyl sites for hydroxylation is 2. The summed E-state index contributed by atoms with van der Waals surface area (Å²) < 4.78 is 4.49. The monoisotopic (exact) mass is 400 g/mol. The largest absolute Gasteiger partial charge is 0.328 e. The highest BCUT2D eigenvalue weighted by Gasteiger charge is 2.23. The maximum atomic E-state index is 12.0. The number of alkyl halides is 1. The lowest BCUT2D eigenvalue weighted by Gasteiger charge is -2.28. The van der Waals surface area contributed by atoms with Gasteiger partial charge in [-0.25, -0.2) is 4.79 Å². The van der Waals surface area contributed by atoms with Gasteiger partial charge in [0.25, 0.3) is 0 Å². The summed E-state index contributed by atoms with van der Waals surface area (Å²) in [4.78, 5) is 12.4. The van der Waals surface area contributed by atoms with Gasteiger partial charge in [-0.3, -0.25) is 9.13 Å². The quantitative estimate of drug-likeness (QED) is 0.705. The summed E-state index contributed by atoms with van der Waals surface area (Å²) in [7, 11) is 3.65. The van der Waals surface area contributed by atoms with Crippen LogP contribution in [0, 0.1) is 5.92 Å². The van der Waals surface area contributed by atoms with E-state index in [0.29, 0.717) is 4.83 Å². The van der Waals surface area contributed by atoms with E-state index in [4.69, 9.17) is 0 Å². The van der Waals surface area contributed by atoms with Gasteiger partial charge in [0.2, 0.25) is 0 Å². The Morgan fingerprint density at radius 2 is 1.85 bits per heavy atom. The van der Waals surface area contributed by atoms with Gasteiger partial charge in [0, 0.05) is 23.4 Å². The van der Waals surface area contributed by atoms with Crippen molar-refractivity contribution < 1.29 is 0 Å². The Bertz CT molecular complexity index is 713. The van der Waals surface area contributed by atoms with E-state index in [1.807, 2.05) is 14.1 Å². The van der Waals surface area contributed by atoms with Crippen LogP contribution in [0.25, 0.3) is 11.0 Å². The van der Waals surface area contributed by atoms with Crippen LogP contribution in [0.4, 0.5) is 0 Å². The first-order valence-corrected chi connectivity index (χ1v) is 8.69. The molecule has 0 bridgehead atoms. The third kappa shape index (κ3) is 2.29. The van der Waals surface area contributed by atoms with Crippen molar-refractivity contribution in [2.24, 2.45) is 20.0 Å². The van der Waals surface area contributed by atoms with E-state index in [0.717, 1.165) is 21.4 Å². The molecule has 0 aliphatic heterocycles. The van der Waals surface area contributed by atoms with Crippen LogP contribution < -0.4 is 5.69 Å². The molecule has 108 valence electrons. The first-order chi connectivity index (χ1) is 9.49. The zero-order valence-electron chi connectivity index (χ0n) is 11.7. The van der Waals surface area contributed by atoms with Crippen LogP contribution >= 0.6 is 31.9 Å². The Balaban J connectivity index is 2.04. The van der Waals surface area contributed by atoms with Gasteiger partial charge in [0.05, 0.1) is 11.0 Å². The molecule has 20 heavy (non-hydrogen) atoms. The molecule has 1 saturated carbocycles. The second kappa shape index (κ2) is 5.34. The molecule has 1 atom stereocenters. The van der Waals surface area contributed by atoms with Crippen LogP contribution in [0.1, 0.15) is 36.1 Å².